The lowest BCUT2D eigenvalue weighted by Gasteiger charge is -2.33. The molecule has 0 saturated heterocycles. The lowest BCUT2D eigenvalue weighted by molar-refractivity contribution is 0.102. The molecular weight excluding hydrogens is 456 g/mol. The molecule has 0 saturated carbocycles. The van der Waals surface area contributed by atoms with E-state index >= 15 is 0 Å². The molecule has 3 aromatic rings. The van der Waals surface area contributed by atoms with Gasteiger partial charge in [0, 0.05) is 10.6 Å². The Morgan fingerprint density at radius 2 is 1.52 bits per heavy atom. The molecule has 1 N–H and O–H groups in total. The summed E-state index contributed by atoms with van der Waals surface area (Å²) in [5.41, 5.74) is 2.16. The van der Waals surface area contributed by atoms with Gasteiger partial charge in [0.25, 0.3) is 0 Å². The van der Waals surface area contributed by atoms with E-state index in [4.69, 9.17) is 11.6 Å². The quantitative estimate of drug-likeness (QED) is 0.380. The lowest BCUT2D eigenvalue weighted by atomic mass is 9.74. The number of aldehydes is 1. The summed E-state index contributed by atoms with van der Waals surface area (Å²) in [4.78, 5) is 11.2. The van der Waals surface area contributed by atoms with Gasteiger partial charge in [-0.2, -0.15) is 0 Å². The molecule has 0 bridgehead atoms. The molecule has 0 aromatic heterocycles. The van der Waals surface area contributed by atoms with E-state index < -0.39 is 15.9 Å². The third-order valence-electron chi connectivity index (χ3n) is 6.01. The minimum Gasteiger partial charge on any atom is -0.388 e. The summed E-state index contributed by atoms with van der Waals surface area (Å²) in [7, 11) is -3.67. The van der Waals surface area contributed by atoms with Crippen molar-refractivity contribution < 1.29 is 18.3 Å². The molecule has 0 fully saturated rings. The number of carbonyl (C=O) groups is 1. The zero-order chi connectivity index (χ0) is 24.2. The third kappa shape index (κ3) is 6.32. The summed E-state index contributed by atoms with van der Waals surface area (Å²) in [5.74, 6) is 0.157. The van der Waals surface area contributed by atoms with Crippen LogP contribution in [0, 0.1) is 11.3 Å². The molecule has 0 aliphatic heterocycles. The van der Waals surface area contributed by atoms with Crippen LogP contribution in [0.1, 0.15) is 54.8 Å². The van der Waals surface area contributed by atoms with Crippen molar-refractivity contribution in [3.8, 4) is 0 Å². The molecule has 0 spiro atoms. The van der Waals surface area contributed by atoms with Crippen LogP contribution >= 0.6 is 11.6 Å². The van der Waals surface area contributed by atoms with Gasteiger partial charge >= 0.3 is 0 Å². The number of sulfone groups is 1. The number of benzene rings is 3. The van der Waals surface area contributed by atoms with E-state index in [1.54, 1.807) is 24.3 Å². The van der Waals surface area contributed by atoms with Gasteiger partial charge in [0.1, 0.15) is 6.29 Å². The number of aliphatic hydroxyl groups is 1. The van der Waals surface area contributed by atoms with Crippen molar-refractivity contribution in [3.05, 3.63) is 94.5 Å². The summed E-state index contributed by atoms with van der Waals surface area (Å²) in [6.07, 6.45) is 1.31. The van der Waals surface area contributed by atoms with Gasteiger partial charge in [-0.25, -0.2) is 8.42 Å². The Morgan fingerprint density at radius 3 is 2.03 bits per heavy atom. The SMILES string of the molecule is CC(C)(C)C(Cc1ccc(S(=O)(=O)c2ccc(C=O)cc2)cc1)C[C@@H](O)c1cccc(Cl)c1. The number of hydrogen-bond acceptors (Lipinski definition) is 4. The van der Waals surface area contributed by atoms with Crippen LogP contribution in [0.5, 0.6) is 0 Å². The molecule has 0 amide bonds. The first-order chi connectivity index (χ1) is 15.5. The molecule has 174 valence electrons. The molecule has 2 atom stereocenters. The van der Waals surface area contributed by atoms with Gasteiger partial charge in [-0.05, 0) is 71.7 Å². The van der Waals surface area contributed by atoms with Crippen LogP contribution in [0.25, 0.3) is 0 Å². The van der Waals surface area contributed by atoms with Crippen LogP contribution in [0.3, 0.4) is 0 Å². The normalized spacial score (nSPS) is 14.0. The molecule has 0 heterocycles. The largest absolute Gasteiger partial charge is 0.388 e. The van der Waals surface area contributed by atoms with Crippen LogP contribution in [0.4, 0.5) is 0 Å². The highest BCUT2D eigenvalue weighted by Crippen LogP contribution is 2.37. The number of hydrogen-bond donors (Lipinski definition) is 1. The summed E-state index contributed by atoms with van der Waals surface area (Å²) in [5, 5.41) is 11.4. The molecule has 6 heteroatoms. The topological polar surface area (TPSA) is 71.4 Å². The van der Waals surface area contributed by atoms with E-state index in [2.05, 4.69) is 20.8 Å². The molecule has 1 unspecified atom stereocenters. The zero-order valence-electron chi connectivity index (χ0n) is 19.0. The number of halogens is 1. The summed E-state index contributed by atoms with van der Waals surface area (Å²) < 4.78 is 25.8. The predicted molar refractivity (Wildman–Crippen MR) is 131 cm³/mol. The van der Waals surface area contributed by atoms with Gasteiger partial charge in [0.2, 0.25) is 9.84 Å². The molecule has 0 aliphatic carbocycles. The van der Waals surface area contributed by atoms with Gasteiger partial charge in [-0.1, -0.05) is 68.8 Å². The first-order valence-corrected chi connectivity index (χ1v) is 12.7. The maximum Gasteiger partial charge on any atom is 0.206 e. The Morgan fingerprint density at radius 1 is 0.939 bits per heavy atom. The average Bonchev–Trinajstić information content (AvgIpc) is 2.78. The lowest BCUT2D eigenvalue weighted by Crippen LogP contribution is -2.25. The Bertz CT molecular complexity index is 1190. The molecule has 3 rings (SSSR count). The molecule has 33 heavy (non-hydrogen) atoms. The fourth-order valence-corrected chi connectivity index (χ4v) is 5.27. The summed E-state index contributed by atoms with van der Waals surface area (Å²) in [6, 6.07) is 20.0. The summed E-state index contributed by atoms with van der Waals surface area (Å²) >= 11 is 6.08. The van der Waals surface area contributed by atoms with Crippen molar-refractivity contribution >= 4 is 27.7 Å². The van der Waals surface area contributed by atoms with Crippen molar-refractivity contribution in [3.63, 3.8) is 0 Å². The van der Waals surface area contributed by atoms with Crippen LogP contribution in [0.15, 0.2) is 82.6 Å². The first kappa shape index (κ1) is 25.2. The minimum absolute atomic E-state index is 0.0649. The Labute approximate surface area is 201 Å². The smallest absolute Gasteiger partial charge is 0.206 e. The fraction of sp³-hybridized carbons (Fsp3) is 0.296. The Balaban J connectivity index is 1.78. The number of carbonyl (C=O) groups excluding carboxylic acids is 1. The van der Waals surface area contributed by atoms with Gasteiger partial charge in [-0.15, -0.1) is 0 Å². The maximum atomic E-state index is 12.9. The molecule has 3 aromatic carbocycles. The van der Waals surface area contributed by atoms with E-state index in [9.17, 15) is 18.3 Å². The highest BCUT2D eigenvalue weighted by Gasteiger charge is 2.28. The van der Waals surface area contributed by atoms with Gasteiger partial charge in [-0.3, -0.25) is 4.79 Å². The Kier molecular flexibility index (Phi) is 7.78. The number of aliphatic hydroxyl groups excluding tert-OH is 1. The van der Waals surface area contributed by atoms with E-state index in [0.717, 1.165) is 11.1 Å². The minimum atomic E-state index is -3.67. The predicted octanol–water partition coefficient (Wildman–Crippen LogP) is 6.31. The van der Waals surface area contributed by atoms with Gasteiger partial charge in [0.15, 0.2) is 0 Å². The highest BCUT2D eigenvalue weighted by molar-refractivity contribution is 7.91. The van der Waals surface area contributed by atoms with E-state index in [1.165, 1.54) is 24.3 Å². The second-order valence-corrected chi connectivity index (χ2v) is 11.8. The third-order valence-corrected chi connectivity index (χ3v) is 8.03. The average molecular weight is 485 g/mol. The molecule has 0 aliphatic rings. The van der Waals surface area contributed by atoms with E-state index in [0.29, 0.717) is 29.7 Å². The van der Waals surface area contributed by atoms with Crippen LogP contribution < -0.4 is 0 Å². The van der Waals surface area contributed by atoms with Gasteiger partial charge < -0.3 is 5.11 Å². The highest BCUT2D eigenvalue weighted by atomic mass is 35.5. The van der Waals surface area contributed by atoms with Crippen LogP contribution in [-0.2, 0) is 16.3 Å². The molecular formula is C27H29ClO4S. The first-order valence-electron chi connectivity index (χ1n) is 10.8. The van der Waals surface area contributed by atoms with Crippen molar-refractivity contribution in [1.29, 1.82) is 0 Å². The zero-order valence-corrected chi connectivity index (χ0v) is 20.6. The second kappa shape index (κ2) is 10.2. The van der Waals surface area contributed by atoms with Crippen molar-refractivity contribution in [2.24, 2.45) is 11.3 Å². The van der Waals surface area contributed by atoms with Crippen molar-refractivity contribution in [2.75, 3.05) is 0 Å². The monoisotopic (exact) mass is 484 g/mol. The van der Waals surface area contributed by atoms with Crippen molar-refractivity contribution in [2.45, 2.75) is 49.5 Å². The standard InChI is InChI=1S/C27H29ClO4S/c1-27(2,3)22(17-26(30)21-5-4-6-23(28)16-21)15-19-7-11-24(12-8-19)33(31,32)25-13-9-20(18-29)10-14-25/h4-14,16,18,22,26,30H,15,17H2,1-3H3/t22?,26-/m1/s1. The van der Waals surface area contributed by atoms with Gasteiger partial charge in [0.05, 0.1) is 15.9 Å². The van der Waals surface area contributed by atoms with Crippen LogP contribution in [0.2, 0.25) is 5.02 Å². The maximum absolute atomic E-state index is 12.9. The van der Waals surface area contributed by atoms with E-state index in [-0.39, 0.29) is 21.1 Å². The molecule has 4 nitrogen and oxygen atoms in total. The van der Waals surface area contributed by atoms with E-state index in [1.807, 2.05) is 24.3 Å². The summed E-state index contributed by atoms with van der Waals surface area (Å²) in [6.45, 7) is 6.43. The van der Waals surface area contributed by atoms with Crippen LogP contribution in [-0.4, -0.2) is 19.8 Å². The fourth-order valence-electron chi connectivity index (χ4n) is 3.81. The number of rotatable bonds is 8. The van der Waals surface area contributed by atoms with Crippen molar-refractivity contribution in [1.82, 2.24) is 0 Å². The Hall–Kier alpha value is -2.47. The second-order valence-electron chi connectivity index (χ2n) is 9.41. The molecule has 0 radical (unpaired) electrons.